The van der Waals surface area contributed by atoms with Crippen LogP contribution in [0.2, 0.25) is 0 Å². The Morgan fingerprint density at radius 2 is 1.56 bits per heavy atom. The lowest BCUT2D eigenvalue weighted by Crippen LogP contribution is -2.32. The Hall–Kier alpha value is -3.94. The number of hydrogen-bond donors (Lipinski definition) is 1. The maximum absolute atomic E-state index is 12.9. The number of nitrogens with one attached hydrogen (secondary N) is 1. The summed E-state index contributed by atoms with van der Waals surface area (Å²) in [5.41, 5.74) is 1.22. The summed E-state index contributed by atoms with van der Waals surface area (Å²) in [5.74, 6) is -1.08. The molecule has 1 saturated carbocycles. The van der Waals surface area contributed by atoms with Crippen molar-refractivity contribution in [1.29, 1.82) is 0 Å². The summed E-state index contributed by atoms with van der Waals surface area (Å²) in [6.45, 7) is 1.98. The van der Waals surface area contributed by atoms with Gasteiger partial charge >= 0.3 is 5.97 Å². The molecule has 2 aliphatic carbocycles. The van der Waals surface area contributed by atoms with Gasteiger partial charge in [-0.25, -0.2) is 4.79 Å². The van der Waals surface area contributed by atoms with Gasteiger partial charge in [0.1, 0.15) is 5.75 Å². The first-order valence-corrected chi connectivity index (χ1v) is 11.3. The molecule has 3 amide bonds. The van der Waals surface area contributed by atoms with Crippen molar-refractivity contribution >= 4 is 35.1 Å². The third-order valence-electron chi connectivity index (χ3n) is 6.61. The molecule has 2 aromatic rings. The maximum atomic E-state index is 12.9. The molecule has 0 aromatic heterocycles. The van der Waals surface area contributed by atoms with Crippen LogP contribution in [0.1, 0.15) is 23.7 Å². The average Bonchev–Trinajstić information content (AvgIpc) is 3.53. The van der Waals surface area contributed by atoms with Crippen molar-refractivity contribution in [3.8, 4) is 5.75 Å². The van der Waals surface area contributed by atoms with Gasteiger partial charge in [0.25, 0.3) is 5.91 Å². The third kappa shape index (κ3) is 3.85. The van der Waals surface area contributed by atoms with Gasteiger partial charge in [0.2, 0.25) is 11.8 Å². The van der Waals surface area contributed by atoms with E-state index >= 15 is 0 Å². The van der Waals surface area contributed by atoms with Crippen LogP contribution in [0, 0.1) is 23.7 Å². The molecule has 0 spiro atoms. The molecule has 2 bridgehead atoms. The van der Waals surface area contributed by atoms with E-state index in [1.807, 2.05) is 19.1 Å². The largest absolute Gasteiger partial charge is 0.494 e. The number of anilines is 2. The molecule has 3 aliphatic rings. The minimum atomic E-state index is -0.674. The van der Waals surface area contributed by atoms with Crippen molar-refractivity contribution in [2.75, 3.05) is 23.4 Å². The number of ether oxygens (including phenoxy) is 2. The van der Waals surface area contributed by atoms with E-state index in [0.717, 1.165) is 6.42 Å². The molecule has 8 nitrogen and oxygen atoms in total. The molecule has 1 aliphatic heterocycles. The Bertz CT molecular complexity index is 1140. The number of carbonyl (C=O) groups is 4. The van der Waals surface area contributed by atoms with Crippen molar-refractivity contribution in [2.45, 2.75) is 13.3 Å². The van der Waals surface area contributed by atoms with Crippen LogP contribution < -0.4 is 15.0 Å². The average molecular weight is 460 g/mol. The lowest BCUT2D eigenvalue weighted by molar-refractivity contribution is -0.123. The number of nitrogens with zero attached hydrogens (tertiary/aromatic N) is 1. The Morgan fingerprint density at radius 1 is 0.941 bits per heavy atom. The van der Waals surface area contributed by atoms with E-state index in [4.69, 9.17) is 9.47 Å². The van der Waals surface area contributed by atoms with Crippen molar-refractivity contribution in [2.24, 2.45) is 23.7 Å². The predicted octanol–water partition coefficient (Wildman–Crippen LogP) is 3.19. The van der Waals surface area contributed by atoms with Crippen molar-refractivity contribution < 1.29 is 28.7 Å². The summed E-state index contributed by atoms with van der Waals surface area (Å²) >= 11 is 0. The molecule has 5 rings (SSSR count). The smallest absolute Gasteiger partial charge is 0.338 e. The highest BCUT2D eigenvalue weighted by atomic mass is 16.5. The Morgan fingerprint density at radius 3 is 2.15 bits per heavy atom. The van der Waals surface area contributed by atoms with Gasteiger partial charge in [-0.1, -0.05) is 12.2 Å². The second-order valence-corrected chi connectivity index (χ2v) is 8.64. The lowest BCUT2D eigenvalue weighted by Gasteiger charge is -2.17. The number of esters is 1. The fraction of sp³-hybridized carbons (Fsp3) is 0.308. The van der Waals surface area contributed by atoms with Crippen LogP contribution in [0.3, 0.4) is 0 Å². The van der Waals surface area contributed by atoms with Crippen LogP contribution in [-0.4, -0.2) is 36.9 Å². The van der Waals surface area contributed by atoms with Gasteiger partial charge in [0, 0.05) is 5.69 Å². The standard InChI is InChI=1S/C26H24N2O6/c1-2-33-20-11-7-18(8-12-20)27-21(29)14-34-26(32)15-5-9-19(10-6-15)28-24(30)22-16-3-4-17(13-16)23(22)25(28)31/h3-12,16-17,22-23H,2,13-14H2,1H3,(H,27,29)/t16-,17-,22+,23+/m0/s1. The SMILES string of the molecule is CCOc1ccc(NC(=O)COC(=O)c2ccc(N3C(=O)[C@H]4[C@H](C3=O)[C@H]3C=C[C@H]4C3)cc2)cc1. The van der Waals surface area contributed by atoms with E-state index in [2.05, 4.69) is 5.32 Å². The fourth-order valence-electron chi connectivity index (χ4n) is 5.12. The topological polar surface area (TPSA) is 102 Å². The monoisotopic (exact) mass is 460 g/mol. The number of benzene rings is 2. The van der Waals surface area contributed by atoms with Crippen LogP contribution in [0.4, 0.5) is 11.4 Å². The number of imide groups is 1. The molecule has 34 heavy (non-hydrogen) atoms. The second kappa shape index (κ2) is 8.78. The molecule has 4 atom stereocenters. The summed E-state index contributed by atoms with van der Waals surface area (Å²) in [6.07, 6.45) is 4.97. The van der Waals surface area contributed by atoms with Crippen LogP contribution in [-0.2, 0) is 19.1 Å². The number of allylic oxidation sites excluding steroid dienone is 2. The lowest BCUT2D eigenvalue weighted by atomic mass is 9.85. The first kappa shape index (κ1) is 21.9. The molecule has 2 fully saturated rings. The Labute approximate surface area is 196 Å². The van der Waals surface area contributed by atoms with E-state index in [1.54, 1.807) is 36.4 Å². The van der Waals surface area contributed by atoms with Gasteiger partial charge in [-0.05, 0) is 73.7 Å². The van der Waals surface area contributed by atoms with Crippen LogP contribution >= 0.6 is 0 Å². The van der Waals surface area contributed by atoms with Crippen LogP contribution in [0.25, 0.3) is 0 Å². The Kier molecular flexibility index (Phi) is 5.65. The molecule has 2 aromatic carbocycles. The van der Waals surface area contributed by atoms with Gasteiger partial charge in [0.15, 0.2) is 6.61 Å². The number of rotatable bonds is 7. The molecule has 0 unspecified atom stereocenters. The minimum absolute atomic E-state index is 0.138. The number of hydrogen-bond acceptors (Lipinski definition) is 6. The van der Waals surface area contributed by atoms with Crippen LogP contribution in [0.5, 0.6) is 5.75 Å². The summed E-state index contributed by atoms with van der Waals surface area (Å²) < 4.78 is 10.5. The van der Waals surface area contributed by atoms with E-state index < -0.39 is 18.5 Å². The maximum Gasteiger partial charge on any atom is 0.338 e. The van der Waals surface area contributed by atoms with Crippen molar-refractivity contribution in [3.63, 3.8) is 0 Å². The summed E-state index contributed by atoms with van der Waals surface area (Å²) in [4.78, 5) is 51.5. The number of amides is 3. The normalized spacial score (nSPS) is 24.3. The minimum Gasteiger partial charge on any atom is -0.494 e. The van der Waals surface area contributed by atoms with Crippen molar-refractivity contribution in [3.05, 3.63) is 66.2 Å². The van der Waals surface area contributed by atoms with Crippen molar-refractivity contribution in [1.82, 2.24) is 0 Å². The first-order chi connectivity index (χ1) is 16.5. The van der Waals surface area contributed by atoms with Gasteiger partial charge < -0.3 is 14.8 Å². The first-order valence-electron chi connectivity index (χ1n) is 11.3. The van der Waals surface area contributed by atoms with Gasteiger partial charge in [-0.2, -0.15) is 0 Å². The zero-order valence-corrected chi connectivity index (χ0v) is 18.6. The molecule has 1 heterocycles. The van der Waals surface area contributed by atoms with E-state index in [-0.39, 0.29) is 41.0 Å². The summed E-state index contributed by atoms with van der Waals surface area (Å²) in [5, 5.41) is 2.65. The highest BCUT2D eigenvalue weighted by molar-refractivity contribution is 6.22. The van der Waals surface area contributed by atoms with E-state index in [1.165, 1.54) is 17.0 Å². The van der Waals surface area contributed by atoms with Crippen LogP contribution in [0.15, 0.2) is 60.7 Å². The molecule has 174 valence electrons. The highest BCUT2D eigenvalue weighted by Gasteiger charge is 2.59. The Balaban J connectivity index is 1.16. The summed E-state index contributed by atoms with van der Waals surface area (Å²) in [6, 6.07) is 13.0. The quantitative estimate of drug-likeness (QED) is 0.387. The third-order valence-corrected chi connectivity index (χ3v) is 6.61. The molecular weight excluding hydrogens is 436 g/mol. The summed E-state index contributed by atoms with van der Waals surface area (Å²) in [7, 11) is 0. The van der Waals surface area contributed by atoms with Gasteiger partial charge in [0.05, 0.1) is 29.7 Å². The predicted molar refractivity (Wildman–Crippen MR) is 123 cm³/mol. The fourth-order valence-corrected chi connectivity index (χ4v) is 5.12. The second-order valence-electron chi connectivity index (χ2n) is 8.64. The van der Waals surface area contributed by atoms with Gasteiger partial charge in [-0.15, -0.1) is 0 Å². The molecule has 1 saturated heterocycles. The molecule has 1 N–H and O–H groups in total. The number of fused-ring (bicyclic) bond motifs is 5. The zero-order chi connectivity index (χ0) is 23.8. The van der Waals surface area contributed by atoms with E-state index in [0.29, 0.717) is 23.7 Å². The highest BCUT2D eigenvalue weighted by Crippen LogP contribution is 2.53. The van der Waals surface area contributed by atoms with E-state index in [9.17, 15) is 19.2 Å². The molecule has 8 heteroatoms. The van der Waals surface area contributed by atoms with Gasteiger partial charge in [-0.3, -0.25) is 19.3 Å². The molecule has 0 radical (unpaired) electrons. The zero-order valence-electron chi connectivity index (χ0n) is 18.6. The molecular formula is C26H24N2O6. The number of carbonyl (C=O) groups excluding carboxylic acids is 4.